The van der Waals surface area contributed by atoms with Gasteiger partial charge in [0.05, 0.1) is 22.7 Å². The second-order valence-corrected chi connectivity index (χ2v) is 7.48. The first kappa shape index (κ1) is 23.7. The van der Waals surface area contributed by atoms with E-state index in [1.54, 1.807) is 0 Å². The van der Waals surface area contributed by atoms with Gasteiger partial charge >= 0.3 is 6.18 Å². The standard InChI is InChI=1S/C20H18ClF5N4O2/c1-10-17(19(31)28-7-12(27)6-20(24,25)26)30-8-11(21)5-16(18(30)29-10)32-9-13-14(22)3-2-4-15(13)23/h2-5,8,12H,6-7,9,27H2,1H3,(H,28,31). The number of carbonyl (C=O) groups is 1. The topological polar surface area (TPSA) is 81.7 Å². The molecule has 2 heterocycles. The van der Waals surface area contributed by atoms with E-state index < -0.39 is 49.3 Å². The first-order chi connectivity index (χ1) is 15.0. The van der Waals surface area contributed by atoms with Crippen molar-refractivity contribution >= 4 is 23.2 Å². The number of nitrogens with two attached hydrogens (primary N) is 1. The molecule has 3 aromatic rings. The van der Waals surface area contributed by atoms with Crippen LogP contribution in [-0.4, -0.2) is 34.1 Å². The van der Waals surface area contributed by atoms with E-state index in [2.05, 4.69) is 10.3 Å². The zero-order valence-electron chi connectivity index (χ0n) is 16.6. The number of fused-ring (bicyclic) bond motifs is 1. The van der Waals surface area contributed by atoms with Gasteiger partial charge in [0, 0.05) is 24.8 Å². The van der Waals surface area contributed by atoms with Gasteiger partial charge < -0.3 is 15.8 Å². The summed E-state index contributed by atoms with van der Waals surface area (Å²) in [5, 5.41) is 2.47. The maximum atomic E-state index is 13.9. The first-order valence-corrected chi connectivity index (χ1v) is 9.68. The summed E-state index contributed by atoms with van der Waals surface area (Å²) >= 11 is 6.10. The van der Waals surface area contributed by atoms with Gasteiger partial charge in [-0.2, -0.15) is 13.2 Å². The van der Waals surface area contributed by atoms with E-state index in [1.165, 1.54) is 29.7 Å². The van der Waals surface area contributed by atoms with E-state index in [1.807, 2.05) is 0 Å². The third kappa shape index (κ3) is 5.46. The minimum atomic E-state index is -4.46. The van der Waals surface area contributed by atoms with Gasteiger partial charge in [0.25, 0.3) is 5.91 Å². The number of hydrogen-bond donors (Lipinski definition) is 2. The van der Waals surface area contributed by atoms with Crippen LogP contribution in [0.1, 0.15) is 28.2 Å². The van der Waals surface area contributed by atoms with Crippen molar-refractivity contribution in [1.29, 1.82) is 0 Å². The van der Waals surface area contributed by atoms with E-state index in [-0.39, 0.29) is 33.4 Å². The molecule has 1 amide bonds. The molecule has 3 rings (SSSR count). The van der Waals surface area contributed by atoms with Gasteiger partial charge in [0.2, 0.25) is 0 Å². The first-order valence-electron chi connectivity index (χ1n) is 9.30. The highest BCUT2D eigenvalue weighted by molar-refractivity contribution is 6.30. The summed E-state index contributed by atoms with van der Waals surface area (Å²) in [6, 6.07) is 3.43. The van der Waals surface area contributed by atoms with Crippen LogP contribution in [0.3, 0.4) is 0 Å². The highest BCUT2D eigenvalue weighted by atomic mass is 35.5. The summed E-state index contributed by atoms with van der Waals surface area (Å²) in [6.45, 7) is 0.627. The van der Waals surface area contributed by atoms with Crippen LogP contribution in [0.2, 0.25) is 5.02 Å². The molecule has 1 aromatic carbocycles. The Balaban J connectivity index is 1.85. The number of hydrogen-bond acceptors (Lipinski definition) is 4. The molecular weight excluding hydrogens is 459 g/mol. The van der Waals surface area contributed by atoms with E-state index in [0.717, 1.165) is 12.1 Å². The van der Waals surface area contributed by atoms with E-state index in [9.17, 15) is 26.7 Å². The molecule has 1 unspecified atom stereocenters. The van der Waals surface area contributed by atoms with Gasteiger partial charge in [0.1, 0.15) is 23.9 Å². The van der Waals surface area contributed by atoms with Crippen molar-refractivity contribution in [2.75, 3.05) is 6.54 Å². The van der Waals surface area contributed by atoms with E-state index >= 15 is 0 Å². The molecule has 0 aliphatic heterocycles. The number of pyridine rings is 1. The molecule has 32 heavy (non-hydrogen) atoms. The highest BCUT2D eigenvalue weighted by Crippen LogP contribution is 2.28. The van der Waals surface area contributed by atoms with Gasteiger partial charge in [-0.15, -0.1) is 0 Å². The van der Waals surface area contributed by atoms with Crippen molar-refractivity contribution in [3.05, 3.63) is 64.1 Å². The van der Waals surface area contributed by atoms with Crippen LogP contribution >= 0.6 is 11.6 Å². The molecule has 0 saturated carbocycles. The van der Waals surface area contributed by atoms with Gasteiger partial charge in [-0.05, 0) is 19.1 Å². The fourth-order valence-electron chi connectivity index (χ4n) is 3.07. The number of aromatic nitrogens is 2. The van der Waals surface area contributed by atoms with E-state index in [0.29, 0.717) is 0 Å². The Morgan fingerprint density at radius 1 is 1.31 bits per heavy atom. The minimum absolute atomic E-state index is 0.00336. The van der Waals surface area contributed by atoms with Crippen molar-refractivity contribution < 1.29 is 31.5 Å². The van der Waals surface area contributed by atoms with Crippen LogP contribution in [0.4, 0.5) is 22.0 Å². The molecule has 6 nitrogen and oxygen atoms in total. The number of imidazole rings is 1. The summed E-state index contributed by atoms with van der Waals surface area (Å²) < 4.78 is 71.8. The Morgan fingerprint density at radius 3 is 2.59 bits per heavy atom. The third-order valence-electron chi connectivity index (χ3n) is 4.49. The summed E-state index contributed by atoms with van der Waals surface area (Å²) in [5.41, 5.74) is 5.49. The number of carbonyl (C=O) groups excluding carboxylic acids is 1. The van der Waals surface area contributed by atoms with Crippen LogP contribution < -0.4 is 15.8 Å². The number of nitrogens with one attached hydrogen (secondary N) is 1. The maximum absolute atomic E-state index is 13.9. The number of rotatable bonds is 7. The van der Waals surface area contributed by atoms with Crippen molar-refractivity contribution in [3.63, 3.8) is 0 Å². The molecule has 0 bridgehead atoms. The van der Waals surface area contributed by atoms with Gasteiger partial charge in [0.15, 0.2) is 11.4 Å². The van der Waals surface area contributed by atoms with Crippen molar-refractivity contribution in [2.45, 2.75) is 32.2 Å². The monoisotopic (exact) mass is 476 g/mol. The maximum Gasteiger partial charge on any atom is 0.390 e. The number of halogens is 6. The minimum Gasteiger partial charge on any atom is -0.485 e. The predicted molar refractivity (Wildman–Crippen MR) is 107 cm³/mol. The SMILES string of the molecule is Cc1nc2c(OCc3c(F)cccc3F)cc(Cl)cn2c1C(=O)NCC(N)CC(F)(F)F. The Hall–Kier alpha value is -2.92. The molecule has 172 valence electrons. The fraction of sp³-hybridized carbons (Fsp3) is 0.300. The lowest BCUT2D eigenvalue weighted by Gasteiger charge is -2.15. The van der Waals surface area contributed by atoms with Gasteiger partial charge in [-0.25, -0.2) is 13.8 Å². The second-order valence-electron chi connectivity index (χ2n) is 7.04. The normalized spacial score (nSPS) is 12.8. The molecule has 0 spiro atoms. The molecule has 2 aromatic heterocycles. The molecule has 0 aliphatic rings. The van der Waals surface area contributed by atoms with Gasteiger partial charge in [-0.3, -0.25) is 9.20 Å². The number of benzene rings is 1. The average molecular weight is 477 g/mol. The summed E-state index contributed by atoms with van der Waals surface area (Å²) in [6.07, 6.45) is -4.35. The number of nitrogens with zero attached hydrogens (tertiary/aromatic N) is 2. The Kier molecular flexibility index (Phi) is 6.89. The summed E-state index contributed by atoms with van der Waals surface area (Å²) in [7, 11) is 0. The van der Waals surface area contributed by atoms with Gasteiger partial charge in [-0.1, -0.05) is 17.7 Å². The van der Waals surface area contributed by atoms with Crippen molar-refractivity contribution in [2.24, 2.45) is 5.73 Å². The van der Waals surface area contributed by atoms with E-state index in [4.69, 9.17) is 22.1 Å². The molecule has 12 heteroatoms. The lowest BCUT2D eigenvalue weighted by molar-refractivity contribution is -0.137. The smallest absolute Gasteiger partial charge is 0.390 e. The van der Waals surface area contributed by atoms with Crippen LogP contribution in [0, 0.1) is 18.6 Å². The molecule has 0 fully saturated rings. The molecule has 0 aliphatic carbocycles. The van der Waals surface area contributed by atoms with Crippen LogP contribution in [0.15, 0.2) is 30.5 Å². The second kappa shape index (κ2) is 9.29. The van der Waals surface area contributed by atoms with Crippen LogP contribution in [0.25, 0.3) is 5.65 Å². The quantitative estimate of drug-likeness (QED) is 0.502. The fourth-order valence-corrected chi connectivity index (χ4v) is 3.27. The molecule has 1 atom stereocenters. The van der Waals surface area contributed by atoms with Crippen molar-refractivity contribution in [3.8, 4) is 5.75 Å². The number of ether oxygens (including phenoxy) is 1. The number of amides is 1. The molecular formula is C20H18ClF5N4O2. The van der Waals surface area contributed by atoms with Crippen molar-refractivity contribution in [1.82, 2.24) is 14.7 Å². The summed E-state index contributed by atoms with van der Waals surface area (Å²) in [5.74, 6) is -2.26. The lowest BCUT2D eigenvalue weighted by Crippen LogP contribution is -2.40. The Labute approximate surface area is 184 Å². The zero-order valence-corrected chi connectivity index (χ0v) is 17.4. The number of aryl methyl sites for hydroxylation is 1. The molecule has 0 radical (unpaired) electrons. The summed E-state index contributed by atoms with van der Waals surface area (Å²) in [4.78, 5) is 16.8. The zero-order chi connectivity index (χ0) is 23.6. The lowest BCUT2D eigenvalue weighted by atomic mass is 10.2. The third-order valence-corrected chi connectivity index (χ3v) is 4.70. The molecule has 0 saturated heterocycles. The number of alkyl halides is 3. The molecule has 3 N–H and O–H groups in total. The average Bonchev–Trinajstić information content (AvgIpc) is 3.00. The Bertz CT molecular complexity index is 1130. The Morgan fingerprint density at radius 2 is 1.97 bits per heavy atom. The predicted octanol–water partition coefficient (Wildman–Crippen LogP) is 4.16. The van der Waals surface area contributed by atoms with Crippen LogP contribution in [-0.2, 0) is 6.61 Å². The largest absolute Gasteiger partial charge is 0.485 e. The van der Waals surface area contributed by atoms with Crippen LogP contribution in [0.5, 0.6) is 5.75 Å². The highest BCUT2D eigenvalue weighted by Gasteiger charge is 2.30.